The fourth-order valence-corrected chi connectivity index (χ4v) is 5.53. The number of aliphatic carboxylic acids is 1. The number of ether oxygens (including phenoxy) is 1. The Bertz CT molecular complexity index is 1130. The third kappa shape index (κ3) is 6.12. The van der Waals surface area contributed by atoms with Crippen LogP contribution < -0.4 is 10.5 Å². The van der Waals surface area contributed by atoms with Gasteiger partial charge in [0, 0.05) is 38.2 Å². The van der Waals surface area contributed by atoms with Crippen LogP contribution in [0.2, 0.25) is 0 Å². The topological polar surface area (TPSA) is 116 Å². The number of carbonyl (C=O) groups is 2. The molecule has 0 aromatic carbocycles. The number of thiocarbonyl (C=S) groups is 1. The Labute approximate surface area is 214 Å². The first-order valence-corrected chi connectivity index (χ1v) is 13.0. The summed E-state index contributed by atoms with van der Waals surface area (Å²) in [6.07, 6.45) is 4.49. The van der Waals surface area contributed by atoms with Gasteiger partial charge in [-0.3, -0.25) is 23.9 Å². The minimum absolute atomic E-state index is 0.0793. The van der Waals surface area contributed by atoms with Gasteiger partial charge < -0.3 is 14.7 Å². The minimum Gasteiger partial charge on any atom is -0.481 e. The number of nitrogens with zero attached hydrogens (tertiary/aromatic N) is 4. The number of carboxylic acids is 1. The summed E-state index contributed by atoms with van der Waals surface area (Å²) in [5.41, 5.74) is 0.985. The number of carboxylic acid groups (broad SMARTS) is 1. The van der Waals surface area contributed by atoms with Crippen LogP contribution >= 0.6 is 24.0 Å². The van der Waals surface area contributed by atoms with E-state index in [9.17, 15) is 19.6 Å². The minimum atomic E-state index is -0.828. The molecule has 0 aliphatic carbocycles. The largest absolute Gasteiger partial charge is 0.481 e. The maximum Gasteiger partial charge on any atom is 0.303 e. The van der Waals surface area contributed by atoms with Gasteiger partial charge in [0.25, 0.3) is 11.5 Å². The number of pyridine rings is 1. The molecule has 0 radical (unpaired) electrons. The highest BCUT2D eigenvalue weighted by atomic mass is 32.2. The van der Waals surface area contributed by atoms with E-state index in [1.54, 1.807) is 22.5 Å². The van der Waals surface area contributed by atoms with Crippen molar-refractivity contribution >= 4 is 52.1 Å². The van der Waals surface area contributed by atoms with Gasteiger partial charge in [-0.25, -0.2) is 0 Å². The molecular weight excluding hydrogens is 488 g/mol. The molecule has 1 aromatic rings. The molecule has 2 aliphatic heterocycles. The van der Waals surface area contributed by atoms with E-state index < -0.39 is 5.97 Å². The van der Waals surface area contributed by atoms with Crippen molar-refractivity contribution in [2.75, 3.05) is 37.7 Å². The summed E-state index contributed by atoms with van der Waals surface area (Å²) in [5, 5.41) is 18.5. The quantitative estimate of drug-likeness (QED) is 0.283. The molecule has 2 aliphatic rings. The molecule has 2 fully saturated rings. The zero-order chi connectivity index (χ0) is 25.5. The van der Waals surface area contributed by atoms with Crippen molar-refractivity contribution in [1.82, 2.24) is 9.47 Å². The van der Waals surface area contributed by atoms with Crippen LogP contribution in [0.15, 0.2) is 9.70 Å². The highest BCUT2D eigenvalue weighted by Gasteiger charge is 2.33. The molecule has 0 spiro atoms. The number of aromatic nitrogens is 1. The number of anilines is 1. The van der Waals surface area contributed by atoms with Crippen molar-refractivity contribution in [3.05, 3.63) is 31.9 Å². The summed E-state index contributed by atoms with van der Waals surface area (Å²) in [6.45, 7) is 6.87. The zero-order valence-electron chi connectivity index (χ0n) is 20.0. The van der Waals surface area contributed by atoms with E-state index in [4.69, 9.17) is 22.1 Å². The molecule has 0 atom stereocenters. The van der Waals surface area contributed by atoms with Gasteiger partial charge in [-0.1, -0.05) is 37.3 Å². The Morgan fingerprint density at radius 2 is 1.94 bits per heavy atom. The van der Waals surface area contributed by atoms with Gasteiger partial charge in [-0.05, 0) is 37.8 Å². The molecule has 11 heteroatoms. The number of carbonyl (C=O) groups excluding carboxylic acids is 1. The molecule has 9 nitrogen and oxygen atoms in total. The number of amides is 1. The molecule has 0 bridgehead atoms. The lowest BCUT2D eigenvalue weighted by atomic mass is 10.0. The van der Waals surface area contributed by atoms with Crippen molar-refractivity contribution in [3.8, 4) is 6.07 Å². The van der Waals surface area contributed by atoms with Gasteiger partial charge in [0.1, 0.15) is 21.8 Å². The fraction of sp³-hybridized carbons (Fsp3) is 0.542. The van der Waals surface area contributed by atoms with Crippen molar-refractivity contribution in [2.24, 2.45) is 0 Å². The van der Waals surface area contributed by atoms with E-state index in [0.29, 0.717) is 91.2 Å². The van der Waals surface area contributed by atoms with E-state index in [-0.39, 0.29) is 23.5 Å². The monoisotopic (exact) mass is 518 g/mol. The first-order valence-electron chi connectivity index (χ1n) is 11.8. The molecule has 1 amide bonds. The Morgan fingerprint density at radius 1 is 1.23 bits per heavy atom. The summed E-state index contributed by atoms with van der Waals surface area (Å²) in [4.78, 5) is 41.2. The number of thioether (sulfide) groups is 1. The molecular formula is C24H30N4O5S2. The first kappa shape index (κ1) is 26.9. The average Bonchev–Trinajstić information content (AvgIpc) is 3.10. The number of unbranched alkanes of at least 4 members (excludes halogenated alkanes) is 2. The fourth-order valence-electron chi connectivity index (χ4n) is 4.24. The molecule has 1 aromatic heterocycles. The lowest BCUT2D eigenvalue weighted by Gasteiger charge is -2.33. The summed E-state index contributed by atoms with van der Waals surface area (Å²) in [7, 11) is 0. The summed E-state index contributed by atoms with van der Waals surface area (Å²) < 4.78 is 7.60. The second kappa shape index (κ2) is 12.3. The molecule has 2 saturated heterocycles. The Balaban J connectivity index is 1.98. The number of hydrogen-bond donors (Lipinski definition) is 1. The second-order valence-electron chi connectivity index (χ2n) is 8.44. The van der Waals surface area contributed by atoms with Crippen LogP contribution in [-0.4, -0.2) is 63.6 Å². The molecule has 188 valence electrons. The van der Waals surface area contributed by atoms with Crippen LogP contribution in [0, 0.1) is 18.3 Å². The van der Waals surface area contributed by atoms with Gasteiger partial charge >= 0.3 is 5.97 Å². The number of hydrogen-bond acceptors (Lipinski definition) is 8. The smallest absolute Gasteiger partial charge is 0.303 e. The summed E-state index contributed by atoms with van der Waals surface area (Å²) in [5.74, 6) is -0.334. The van der Waals surface area contributed by atoms with Crippen molar-refractivity contribution < 1.29 is 19.4 Å². The van der Waals surface area contributed by atoms with E-state index in [2.05, 4.69) is 11.0 Å². The van der Waals surface area contributed by atoms with Crippen molar-refractivity contribution in [3.63, 3.8) is 0 Å². The predicted molar refractivity (Wildman–Crippen MR) is 139 cm³/mol. The normalized spacial score (nSPS) is 17.3. The predicted octanol–water partition coefficient (Wildman–Crippen LogP) is 3.12. The van der Waals surface area contributed by atoms with Crippen molar-refractivity contribution in [1.29, 1.82) is 5.26 Å². The van der Waals surface area contributed by atoms with Crippen molar-refractivity contribution in [2.45, 2.75) is 52.5 Å². The van der Waals surface area contributed by atoms with Gasteiger partial charge in [0.2, 0.25) is 0 Å². The third-order valence-electron chi connectivity index (χ3n) is 6.03. The van der Waals surface area contributed by atoms with E-state index in [0.717, 1.165) is 0 Å². The van der Waals surface area contributed by atoms with Gasteiger partial charge in [-0.15, -0.1) is 0 Å². The maximum absolute atomic E-state index is 13.2. The Kier molecular flexibility index (Phi) is 9.48. The van der Waals surface area contributed by atoms with Crippen LogP contribution in [0.4, 0.5) is 5.82 Å². The second-order valence-corrected chi connectivity index (χ2v) is 10.1. The molecule has 3 rings (SSSR count). The lowest BCUT2D eigenvalue weighted by molar-refractivity contribution is -0.137. The van der Waals surface area contributed by atoms with Crippen LogP contribution in [-0.2, 0) is 20.9 Å². The highest BCUT2D eigenvalue weighted by molar-refractivity contribution is 8.26. The van der Waals surface area contributed by atoms with Crippen LogP contribution in [0.3, 0.4) is 0 Å². The van der Waals surface area contributed by atoms with Gasteiger partial charge in [0.15, 0.2) is 0 Å². The Morgan fingerprint density at radius 3 is 2.57 bits per heavy atom. The van der Waals surface area contributed by atoms with E-state index >= 15 is 0 Å². The number of rotatable bonds is 10. The molecule has 1 N–H and O–H groups in total. The van der Waals surface area contributed by atoms with Crippen LogP contribution in [0.1, 0.15) is 55.7 Å². The number of nitriles is 1. The molecule has 0 unspecified atom stereocenters. The summed E-state index contributed by atoms with van der Waals surface area (Å²) in [6, 6.07) is 2.06. The van der Waals surface area contributed by atoms with Gasteiger partial charge in [-0.2, -0.15) is 5.26 Å². The zero-order valence-corrected chi connectivity index (χ0v) is 21.7. The molecule has 3 heterocycles. The third-order valence-corrected chi connectivity index (χ3v) is 7.40. The first-order chi connectivity index (χ1) is 16.8. The molecule has 35 heavy (non-hydrogen) atoms. The highest BCUT2D eigenvalue weighted by Crippen LogP contribution is 2.36. The lowest BCUT2D eigenvalue weighted by Crippen LogP contribution is -2.41. The molecule has 0 saturated carbocycles. The van der Waals surface area contributed by atoms with Gasteiger partial charge in [0.05, 0.1) is 18.1 Å². The van der Waals surface area contributed by atoms with Crippen LogP contribution in [0.25, 0.3) is 6.08 Å². The summed E-state index contributed by atoms with van der Waals surface area (Å²) >= 11 is 6.66. The average molecular weight is 519 g/mol. The Hall–Kier alpha value is -2.68. The van der Waals surface area contributed by atoms with E-state index in [1.807, 2.05) is 6.92 Å². The van der Waals surface area contributed by atoms with Crippen LogP contribution in [0.5, 0.6) is 0 Å². The SMILES string of the molecule is CCCn1c(N2CCOCC2)c(/C=C2/SC(=S)N(CCCCCC(=O)O)C2=O)c(C)c(C#N)c1=O. The maximum atomic E-state index is 13.2. The standard InChI is InChI=1S/C24H30N4O5S2/c1-3-8-27-21(26-10-12-33-13-11-26)17(16(2)18(15-25)22(27)31)14-19-23(32)28(24(34)35-19)9-6-4-5-7-20(29)30/h14H,3-13H2,1-2H3,(H,29,30)/b19-14+. The van der Waals surface area contributed by atoms with E-state index in [1.165, 1.54) is 11.8 Å². The number of morpholine rings is 1.